The van der Waals surface area contributed by atoms with Gasteiger partial charge in [0.25, 0.3) is 0 Å². The molecule has 0 aliphatic carbocycles. The lowest BCUT2D eigenvalue weighted by Gasteiger charge is -2.32. The second-order valence-electron chi connectivity index (χ2n) is 7.31. The first-order valence-electron chi connectivity index (χ1n) is 7.88. The molecule has 2 rings (SSSR count). The van der Waals surface area contributed by atoms with Gasteiger partial charge in [0.2, 0.25) is 0 Å². The zero-order chi connectivity index (χ0) is 16.7. The number of ether oxygens (including phenoxy) is 1. The van der Waals surface area contributed by atoms with Crippen LogP contribution in [0.5, 0.6) is 5.75 Å². The van der Waals surface area contributed by atoms with Crippen molar-refractivity contribution in [3.05, 3.63) is 29.3 Å². The Morgan fingerprint density at radius 1 is 1.09 bits per heavy atom. The molecule has 1 aromatic rings. The van der Waals surface area contributed by atoms with E-state index in [0.717, 1.165) is 11.3 Å². The molecule has 0 radical (unpaired) electrons. The van der Waals surface area contributed by atoms with Crippen LogP contribution in [0.1, 0.15) is 64.5 Å². The van der Waals surface area contributed by atoms with Gasteiger partial charge in [0, 0.05) is 5.56 Å². The van der Waals surface area contributed by atoms with Crippen molar-refractivity contribution < 1.29 is 14.0 Å². The highest BCUT2D eigenvalue weighted by molar-refractivity contribution is 6.47. The first kappa shape index (κ1) is 17.3. The number of hydrogen-bond acceptors (Lipinski definition) is 4. The molecule has 22 heavy (non-hydrogen) atoms. The summed E-state index contributed by atoms with van der Waals surface area (Å²) >= 11 is 0. The summed E-state index contributed by atoms with van der Waals surface area (Å²) in [5.74, 6) is 0.802. The van der Waals surface area contributed by atoms with E-state index in [-0.39, 0.29) is 0 Å². The highest BCUT2D eigenvalue weighted by Crippen LogP contribution is 2.41. The lowest BCUT2D eigenvalue weighted by molar-refractivity contribution is 0.00578. The van der Waals surface area contributed by atoms with Gasteiger partial charge in [0.05, 0.1) is 24.3 Å². The summed E-state index contributed by atoms with van der Waals surface area (Å²) in [6, 6.07) is 6.14. The lowest BCUT2D eigenvalue weighted by atomic mass is 9.74. The Hall–Kier alpha value is -1.04. The third-order valence-corrected chi connectivity index (χ3v) is 4.84. The molecule has 0 saturated carbocycles. The summed E-state index contributed by atoms with van der Waals surface area (Å²) in [6.07, 6.45) is 0. The fourth-order valence-electron chi connectivity index (χ4n) is 2.55. The Bertz CT molecular complexity index is 527. The maximum absolute atomic E-state index is 6.46. The van der Waals surface area contributed by atoms with Crippen LogP contribution in [0.2, 0.25) is 0 Å². The van der Waals surface area contributed by atoms with Gasteiger partial charge in [-0.15, -0.1) is 0 Å². The molecule has 1 aliphatic rings. The topological polar surface area (TPSA) is 53.7 Å². The Kier molecular flexibility index (Phi) is 4.62. The molecule has 0 aromatic heterocycles. The predicted molar refractivity (Wildman–Crippen MR) is 90.1 cm³/mol. The summed E-state index contributed by atoms with van der Waals surface area (Å²) in [6.45, 7) is 12.4. The van der Waals surface area contributed by atoms with Crippen LogP contribution in [0.15, 0.2) is 18.2 Å². The van der Waals surface area contributed by atoms with E-state index in [1.54, 1.807) is 7.11 Å². The third kappa shape index (κ3) is 3.03. The molecular formula is C17H28BNO3. The molecule has 1 fully saturated rings. The minimum absolute atomic E-state index is 0.391. The summed E-state index contributed by atoms with van der Waals surface area (Å²) in [4.78, 5) is 0. The smallest absolute Gasteiger partial charge is 0.480 e. The van der Waals surface area contributed by atoms with Crippen LogP contribution >= 0.6 is 0 Å². The molecule has 1 saturated heterocycles. The SMILES string of the molecule is COc1ccc(C(C)C)cc1[C@@H](N)B1OC(C)(C)C(C)(C)O1. The molecule has 1 aliphatic heterocycles. The maximum Gasteiger partial charge on any atom is 0.480 e. The van der Waals surface area contributed by atoms with Crippen LogP contribution in [-0.4, -0.2) is 25.4 Å². The quantitative estimate of drug-likeness (QED) is 0.866. The van der Waals surface area contributed by atoms with Crippen molar-refractivity contribution >= 4 is 7.12 Å². The minimum atomic E-state index is -0.485. The molecule has 122 valence electrons. The molecule has 0 amide bonds. The fraction of sp³-hybridized carbons (Fsp3) is 0.647. The number of rotatable bonds is 4. The van der Waals surface area contributed by atoms with Crippen LogP contribution < -0.4 is 10.5 Å². The van der Waals surface area contributed by atoms with Crippen molar-refractivity contribution in [2.75, 3.05) is 7.11 Å². The predicted octanol–water partition coefficient (Wildman–Crippen LogP) is 3.45. The Balaban J connectivity index is 2.33. The van der Waals surface area contributed by atoms with E-state index < -0.39 is 24.3 Å². The Labute approximate surface area is 134 Å². The summed E-state index contributed by atoms with van der Waals surface area (Å²) in [5, 5.41) is 0. The Morgan fingerprint density at radius 2 is 1.64 bits per heavy atom. The average molecular weight is 305 g/mol. The van der Waals surface area contributed by atoms with Gasteiger partial charge in [0.1, 0.15) is 5.75 Å². The van der Waals surface area contributed by atoms with Gasteiger partial charge in [-0.2, -0.15) is 0 Å². The van der Waals surface area contributed by atoms with Crippen LogP contribution in [0.3, 0.4) is 0 Å². The summed E-state index contributed by atoms with van der Waals surface area (Å²) in [7, 11) is 1.17. The molecule has 1 aromatic carbocycles. The number of hydrogen-bond donors (Lipinski definition) is 1. The second-order valence-corrected chi connectivity index (χ2v) is 7.31. The van der Waals surface area contributed by atoms with E-state index >= 15 is 0 Å². The molecule has 1 atom stereocenters. The van der Waals surface area contributed by atoms with Crippen molar-refractivity contribution in [1.29, 1.82) is 0 Å². The van der Waals surface area contributed by atoms with Crippen molar-refractivity contribution in [1.82, 2.24) is 0 Å². The normalized spacial score (nSPS) is 21.2. The molecule has 1 heterocycles. The van der Waals surface area contributed by atoms with E-state index in [1.807, 2.05) is 33.8 Å². The highest BCUT2D eigenvalue weighted by atomic mass is 16.7. The first-order chi connectivity index (χ1) is 10.1. The first-order valence-corrected chi connectivity index (χ1v) is 7.88. The van der Waals surface area contributed by atoms with Gasteiger partial charge in [0.15, 0.2) is 0 Å². The zero-order valence-electron chi connectivity index (χ0n) is 14.8. The van der Waals surface area contributed by atoms with Crippen LogP contribution in [0, 0.1) is 0 Å². The van der Waals surface area contributed by atoms with Gasteiger partial charge in [-0.05, 0) is 45.2 Å². The molecule has 0 spiro atoms. The van der Waals surface area contributed by atoms with Crippen LogP contribution in [0.4, 0.5) is 0 Å². The van der Waals surface area contributed by atoms with Crippen molar-refractivity contribution in [2.45, 2.75) is 64.6 Å². The largest absolute Gasteiger partial charge is 0.496 e. The second kappa shape index (κ2) is 5.87. The molecule has 2 N–H and O–H groups in total. The summed E-state index contributed by atoms with van der Waals surface area (Å²) < 4.78 is 17.6. The maximum atomic E-state index is 6.46. The van der Waals surface area contributed by atoms with Gasteiger partial charge < -0.3 is 19.8 Å². The third-order valence-electron chi connectivity index (χ3n) is 4.84. The van der Waals surface area contributed by atoms with Crippen LogP contribution in [0.25, 0.3) is 0 Å². The van der Waals surface area contributed by atoms with Gasteiger partial charge in [-0.1, -0.05) is 26.0 Å². The molecule has 4 nitrogen and oxygen atoms in total. The summed E-state index contributed by atoms with van der Waals surface area (Å²) in [5.41, 5.74) is 7.82. The van der Waals surface area contributed by atoms with E-state index in [4.69, 9.17) is 19.8 Å². The molecule has 5 heteroatoms. The van der Waals surface area contributed by atoms with E-state index in [9.17, 15) is 0 Å². The monoisotopic (exact) mass is 305 g/mol. The molecule has 0 bridgehead atoms. The number of benzene rings is 1. The van der Waals surface area contributed by atoms with Crippen molar-refractivity contribution in [3.63, 3.8) is 0 Å². The lowest BCUT2D eigenvalue weighted by Crippen LogP contribution is -2.41. The number of nitrogens with two attached hydrogens (primary N) is 1. The standard InChI is InChI=1S/C17H28BNO3/c1-11(2)12-8-9-14(20-7)13(10-12)15(19)18-21-16(3,4)17(5,6)22-18/h8-11,15H,19H2,1-7H3/t15-/m1/s1. The Morgan fingerprint density at radius 3 is 2.09 bits per heavy atom. The van der Waals surface area contributed by atoms with Gasteiger partial charge in [-0.3, -0.25) is 0 Å². The van der Waals surface area contributed by atoms with Gasteiger partial charge in [-0.25, -0.2) is 0 Å². The van der Waals surface area contributed by atoms with Gasteiger partial charge >= 0.3 is 7.12 Å². The van der Waals surface area contributed by atoms with E-state index in [2.05, 4.69) is 26.0 Å². The molecule has 0 unspecified atom stereocenters. The minimum Gasteiger partial charge on any atom is -0.496 e. The van der Waals surface area contributed by atoms with Crippen molar-refractivity contribution in [3.8, 4) is 5.75 Å². The van der Waals surface area contributed by atoms with E-state index in [1.165, 1.54) is 5.56 Å². The zero-order valence-corrected chi connectivity index (χ0v) is 14.8. The van der Waals surface area contributed by atoms with Crippen molar-refractivity contribution in [2.24, 2.45) is 5.73 Å². The van der Waals surface area contributed by atoms with Crippen LogP contribution in [-0.2, 0) is 9.31 Å². The fourth-order valence-corrected chi connectivity index (χ4v) is 2.55. The number of methoxy groups -OCH3 is 1. The molecular weight excluding hydrogens is 277 g/mol. The average Bonchev–Trinajstić information content (AvgIpc) is 2.65. The van der Waals surface area contributed by atoms with E-state index in [0.29, 0.717) is 5.92 Å². The highest BCUT2D eigenvalue weighted by Gasteiger charge is 2.53.